The largest absolute Gasteiger partial charge is 4.00 e. The molecule has 0 heterocycles. The van der Waals surface area contributed by atoms with Crippen LogP contribution >= 0.6 is 56.2 Å². The van der Waals surface area contributed by atoms with Crippen LogP contribution < -0.4 is 19.6 Å². The second-order valence-corrected chi connectivity index (χ2v) is 5.06. The molecule has 0 aromatic heterocycles. The summed E-state index contributed by atoms with van der Waals surface area (Å²) in [5, 5.41) is 0.194. The smallest absolute Gasteiger partial charge is 0.563 e. The van der Waals surface area contributed by atoms with E-state index in [9.17, 15) is 37.8 Å². The average Bonchev–Trinajstić information content (AvgIpc) is 1.99. The summed E-state index contributed by atoms with van der Waals surface area (Å²) in [7, 11) is -12.9. The van der Waals surface area contributed by atoms with Gasteiger partial charge in [0.2, 0.25) is 0 Å². The van der Waals surface area contributed by atoms with E-state index < -0.39 is 33.0 Å². The fraction of sp³-hybridized carbons (Fsp3) is 1.00. The van der Waals surface area contributed by atoms with Crippen molar-refractivity contribution in [2.75, 3.05) is 5.34 Å². The van der Waals surface area contributed by atoms with Gasteiger partial charge in [-0.1, -0.05) is 0 Å². The van der Waals surface area contributed by atoms with Gasteiger partial charge < -0.3 is 19.6 Å². The summed E-state index contributed by atoms with van der Waals surface area (Å²) in [6, 6.07) is 0. The summed E-state index contributed by atoms with van der Waals surface area (Å²) in [6.45, 7) is 0. The Balaban J connectivity index is -0.0000000857. The zero-order valence-electron chi connectivity index (χ0n) is 7.83. The Morgan fingerprint density at radius 3 is 0.833 bits per heavy atom. The third-order valence-corrected chi connectivity index (χ3v) is 2.40. The molecule has 0 aliphatic rings. The maximum Gasteiger partial charge on any atom is 4.00 e. The number of rotatable bonds is 4. The van der Waals surface area contributed by atoms with E-state index in [1.165, 1.54) is 0 Å². The van der Waals surface area contributed by atoms with Crippen LogP contribution in [-0.4, -0.2) is 5.34 Å². The van der Waals surface area contributed by atoms with Gasteiger partial charge in [0.15, 0.2) is 0 Å². The summed E-state index contributed by atoms with van der Waals surface area (Å²) in [5.74, 6) is 0. The van der Waals surface area contributed by atoms with Crippen LogP contribution in [0.15, 0.2) is 0 Å². The van der Waals surface area contributed by atoms with Crippen molar-refractivity contribution >= 4 is 56.2 Å². The van der Waals surface area contributed by atoms with E-state index in [2.05, 4.69) is 8.62 Å². The molecule has 100 valence electrons. The fourth-order valence-electron chi connectivity index (χ4n) is 0.109. The van der Waals surface area contributed by atoms with Crippen molar-refractivity contribution < 1.29 is 68.2 Å². The molecule has 0 aliphatic heterocycles. The van der Waals surface area contributed by atoms with Gasteiger partial charge >= 0.3 is 54.7 Å². The van der Waals surface area contributed by atoms with Gasteiger partial charge in [0.1, 0.15) is 8.62 Å². The van der Waals surface area contributed by atoms with E-state index in [0.29, 0.717) is 0 Å². The first kappa shape index (κ1) is 27.7. The van der Waals surface area contributed by atoms with Crippen LogP contribution in [0.2, 0.25) is 0 Å². The van der Waals surface area contributed by atoms with Crippen LogP contribution in [0.3, 0.4) is 0 Å². The van der Waals surface area contributed by atoms with Crippen LogP contribution in [0, 0.1) is 0 Å². The number of alkyl halides is 2. The molecule has 0 fully saturated rings. The molecule has 0 saturated carbocycles. The molecule has 0 spiro atoms. The van der Waals surface area contributed by atoms with Crippen LogP contribution in [-0.2, 0) is 48.6 Å². The molecule has 0 N–H and O–H groups in total. The average molecular weight is 417 g/mol. The third-order valence-electron chi connectivity index (χ3n) is 0.267. The summed E-state index contributed by atoms with van der Waals surface area (Å²) in [5.41, 5.74) is 0. The van der Waals surface area contributed by atoms with Crippen LogP contribution in [0.4, 0.5) is 0 Å². The van der Waals surface area contributed by atoms with Gasteiger partial charge in [0.25, 0.3) is 0 Å². The summed E-state index contributed by atoms with van der Waals surface area (Å²) in [6.07, 6.45) is 0. The Morgan fingerprint density at radius 2 is 0.833 bits per heavy atom. The quantitative estimate of drug-likeness (QED) is 0.329. The summed E-state index contributed by atoms with van der Waals surface area (Å²) < 4.78 is 43.3. The molecule has 0 aromatic rings. The third kappa shape index (κ3) is 52.9. The molecule has 0 aliphatic carbocycles. The zero-order chi connectivity index (χ0) is 14.4. The molecule has 18 heavy (non-hydrogen) atoms. The molecule has 0 aromatic carbocycles. The minimum Gasteiger partial charge on any atom is -0.563 e. The van der Waals surface area contributed by atoms with Crippen molar-refractivity contribution in [1.29, 1.82) is 0 Å². The fourth-order valence-corrected chi connectivity index (χ4v) is 0.980. The summed E-state index contributed by atoms with van der Waals surface area (Å²) in [4.78, 5) is 37.0. The van der Waals surface area contributed by atoms with Gasteiger partial charge in [-0.3, -0.25) is 0 Å². The molecule has 10 nitrogen and oxygen atoms in total. The molecule has 0 rings (SSSR count). The minimum atomic E-state index is -3.24. The first-order chi connectivity index (χ1) is 7.67. The Labute approximate surface area is 129 Å². The Kier molecular flexibility index (Phi) is 32.0. The van der Waals surface area contributed by atoms with Crippen molar-refractivity contribution in [3.05, 3.63) is 0 Å². The van der Waals surface area contributed by atoms with Gasteiger partial charge in [-0.15, -0.1) is 23.2 Å². The standard InChI is InChI=1S/CH2Cl2.2O5P2.Ti/c2-1-3;2*1-6(2)5-7(3)4;/h1H2;;;/q;;;+4. The molecule has 17 heteroatoms. The van der Waals surface area contributed by atoms with E-state index in [4.69, 9.17) is 23.2 Å². The van der Waals surface area contributed by atoms with E-state index >= 15 is 0 Å². The van der Waals surface area contributed by atoms with E-state index in [0.717, 1.165) is 0 Å². The van der Waals surface area contributed by atoms with Crippen LogP contribution in [0.1, 0.15) is 0 Å². The zero-order valence-corrected chi connectivity index (χ0v) is 14.5. The normalized spacial score (nSPS) is 11.4. The Bertz CT molecular complexity index is 223. The molecule has 0 saturated heterocycles. The second kappa shape index (κ2) is 20.8. The van der Waals surface area contributed by atoms with Crippen molar-refractivity contribution in [3.63, 3.8) is 0 Å². The van der Waals surface area contributed by atoms with Crippen molar-refractivity contribution in [2.45, 2.75) is 0 Å². The topological polar surface area (TPSA) is 179 Å². The maximum atomic E-state index is 9.24. The van der Waals surface area contributed by atoms with Gasteiger partial charge in [0.05, 0.1) is 5.34 Å². The Morgan fingerprint density at radius 1 is 0.722 bits per heavy atom. The molecule has 0 radical (unpaired) electrons. The number of hydrogen-bond donors (Lipinski definition) is 0. The van der Waals surface area contributed by atoms with E-state index in [1.54, 1.807) is 0 Å². The number of halogens is 2. The van der Waals surface area contributed by atoms with Gasteiger partial charge in [0, 0.05) is 0 Å². The first-order valence-electron chi connectivity index (χ1n) is 2.73. The molecule has 0 amide bonds. The van der Waals surface area contributed by atoms with E-state index in [1.807, 2.05) is 0 Å². The first-order valence-corrected chi connectivity index (χ1v) is 8.18. The van der Waals surface area contributed by atoms with E-state index in [-0.39, 0.29) is 27.1 Å². The van der Waals surface area contributed by atoms with Gasteiger partial charge in [-0.05, 0) is 18.3 Å². The predicted molar refractivity (Wildman–Crippen MR) is 49.2 cm³/mol. The van der Waals surface area contributed by atoms with Crippen LogP contribution in [0.25, 0.3) is 0 Å². The molecular formula is CH2Cl2O10P4Ti+4. The van der Waals surface area contributed by atoms with Crippen molar-refractivity contribution in [1.82, 2.24) is 0 Å². The predicted octanol–water partition coefficient (Wildman–Crippen LogP) is -0.504. The second-order valence-electron chi connectivity index (χ2n) is 1.16. The molecular weight excluding hydrogens is 415 g/mol. The maximum absolute atomic E-state index is 9.24. The SMILES string of the molecule is ClCCl.O=[P+]([O-])O[P+](=O)[O-].O=[P+]([O-])O[P+](=O)[O-].[Ti+4]. The molecule has 4 atom stereocenters. The minimum absolute atomic E-state index is 0. The number of hydrogen-bond acceptors (Lipinski definition) is 10. The molecule has 4 unspecified atom stereocenters. The van der Waals surface area contributed by atoms with Crippen LogP contribution in [0.5, 0.6) is 0 Å². The van der Waals surface area contributed by atoms with Gasteiger partial charge in [-0.2, -0.15) is 0 Å². The monoisotopic (exact) mass is 416 g/mol. The van der Waals surface area contributed by atoms with Crippen molar-refractivity contribution in [3.8, 4) is 0 Å². The summed E-state index contributed by atoms with van der Waals surface area (Å²) >= 11 is 9.53. The van der Waals surface area contributed by atoms with Crippen molar-refractivity contribution in [2.24, 2.45) is 0 Å². The van der Waals surface area contributed by atoms with Gasteiger partial charge in [-0.25, -0.2) is 0 Å². The Hall–Kier alpha value is 1.45. The molecule has 0 bridgehead atoms.